The number of allylic oxidation sites excluding steroid dienone is 1. The monoisotopic (exact) mass is 220 g/mol. The lowest BCUT2D eigenvalue weighted by Gasteiger charge is -2.40. The maximum Gasteiger partial charge on any atom is 0.0409 e. The Morgan fingerprint density at radius 2 is 2.20 bits per heavy atom. The van der Waals surface area contributed by atoms with Gasteiger partial charge in [0.2, 0.25) is 0 Å². The Balaban J connectivity index is 2.40. The molecule has 1 aliphatic carbocycles. The summed E-state index contributed by atoms with van der Waals surface area (Å²) < 4.78 is 0. The molecule has 0 nitrogen and oxygen atoms in total. The van der Waals surface area contributed by atoms with E-state index in [9.17, 15) is 0 Å². The fourth-order valence-corrected chi connectivity index (χ4v) is 2.65. The van der Waals surface area contributed by atoms with Crippen molar-refractivity contribution in [1.29, 1.82) is 0 Å². The van der Waals surface area contributed by atoms with Gasteiger partial charge in [-0.2, -0.15) is 0 Å². The second-order valence-corrected chi connectivity index (χ2v) is 5.14. The van der Waals surface area contributed by atoms with E-state index >= 15 is 0 Å². The quantitative estimate of drug-likeness (QED) is 0.658. The average molecular weight is 221 g/mol. The molecule has 0 N–H and O–H groups in total. The van der Waals surface area contributed by atoms with Crippen molar-refractivity contribution < 1.29 is 0 Å². The first kappa shape index (κ1) is 10.8. The normalized spacial score (nSPS) is 18.3. The van der Waals surface area contributed by atoms with Crippen LogP contribution in [-0.4, -0.2) is 0 Å². The van der Waals surface area contributed by atoms with Gasteiger partial charge in [0, 0.05) is 5.02 Å². The molecule has 0 atom stereocenters. The van der Waals surface area contributed by atoms with Crippen molar-refractivity contribution in [2.75, 3.05) is 0 Å². The van der Waals surface area contributed by atoms with Crippen LogP contribution < -0.4 is 0 Å². The van der Waals surface area contributed by atoms with Gasteiger partial charge in [-0.3, -0.25) is 0 Å². The SMILES string of the molecule is C=CCc1cc(Cl)ccc1C1(C)CCC1. The zero-order valence-corrected chi connectivity index (χ0v) is 9.98. The van der Waals surface area contributed by atoms with E-state index in [0.29, 0.717) is 5.41 Å². The number of rotatable bonds is 3. The lowest BCUT2D eigenvalue weighted by Crippen LogP contribution is -2.31. The van der Waals surface area contributed by atoms with E-state index in [1.807, 2.05) is 12.1 Å². The van der Waals surface area contributed by atoms with Gasteiger partial charge in [-0.15, -0.1) is 6.58 Å². The van der Waals surface area contributed by atoms with Crippen LogP contribution in [0.3, 0.4) is 0 Å². The Bertz CT molecular complexity index is 375. The topological polar surface area (TPSA) is 0 Å². The molecule has 1 aromatic rings. The third kappa shape index (κ3) is 1.96. The summed E-state index contributed by atoms with van der Waals surface area (Å²) in [7, 11) is 0. The minimum Gasteiger partial charge on any atom is -0.103 e. The van der Waals surface area contributed by atoms with Gasteiger partial charge in [0.25, 0.3) is 0 Å². The van der Waals surface area contributed by atoms with Crippen LogP contribution in [0.25, 0.3) is 0 Å². The van der Waals surface area contributed by atoms with E-state index in [1.165, 1.54) is 30.4 Å². The van der Waals surface area contributed by atoms with E-state index in [4.69, 9.17) is 11.6 Å². The Hall–Kier alpha value is -0.750. The smallest absolute Gasteiger partial charge is 0.0409 e. The van der Waals surface area contributed by atoms with E-state index in [-0.39, 0.29) is 0 Å². The Morgan fingerprint density at radius 3 is 2.73 bits per heavy atom. The summed E-state index contributed by atoms with van der Waals surface area (Å²) in [5.41, 5.74) is 3.21. The molecular weight excluding hydrogens is 204 g/mol. The lowest BCUT2D eigenvalue weighted by atomic mass is 9.64. The van der Waals surface area contributed by atoms with Crippen molar-refractivity contribution in [2.24, 2.45) is 0 Å². The van der Waals surface area contributed by atoms with Crippen molar-refractivity contribution in [3.05, 3.63) is 47.0 Å². The Morgan fingerprint density at radius 1 is 1.47 bits per heavy atom. The first-order valence-corrected chi connectivity index (χ1v) is 5.93. The molecule has 0 amide bonds. The van der Waals surface area contributed by atoms with Crippen LogP contribution in [0, 0.1) is 0 Å². The molecule has 0 radical (unpaired) electrons. The molecule has 15 heavy (non-hydrogen) atoms. The molecule has 80 valence electrons. The molecule has 0 aromatic heterocycles. The van der Waals surface area contributed by atoms with Gasteiger partial charge in [0.05, 0.1) is 0 Å². The van der Waals surface area contributed by atoms with Crippen molar-refractivity contribution in [3.63, 3.8) is 0 Å². The molecule has 1 aliphatic rings. The molecule has 0 unspecified atom stereocenters. The zero-order valence-electron chi connectivity index (χ0n) is 9.22. The van der Waals surface area contributed by atoms with Crippen LogP contribution in [0.2, 0.25) is 5.02 Å². The maximum atomic E-state index is 6.03. The zero-order chi connectivity index (χ0) is 10.9. The fraction of sp³-hybridized carbons (Fsp3) is 0.429. The summed E-state index contributed by atoms with van der Waals surface area (Å²) in [5.74, 6) is 0. The number of hydrogen-bond donors (Lipinski definition) is 0. The highest BCUT2D eigenvalue weighted by molar-refractivity contribution is 6.30. The third-order valence-electron chi connectivity index (χ3n) is 3.54. The van der Waals surface area contributed by atoms with E-state index in [1.54, 1.807) is 0 Å². The molecule has 0 spiro atoms. The van der Waals surface area contributed by atoms with Crippen LogP contribution in [0.1, 0.15) is 37.3 Å². The Kier molecular flexibility index (Phi) is 2.88. The summed E-state index contributed by atoms with van der Waals surface area (Å²) in [6, 6.07) is 6.29. The lowest BCUT2D eigenvalue weighted by molar-refractivity contribution is 0.270. The van der Waals surface area contributed by atoms with Gasteiger partial charge in [-0.05, 0) is 47.9 Å². The highest BCUT2D eigenvalue weighted by atomic mass is 35.5. The van der Waals surface area contributed by atoms with Crippen molar-refractivity contribution in [3.8, 4) is 0 Å². The van der Waals surface area contributed by atoms with Gasteiger partial charge in [0.15, 0.2) is 0 Å². The molecule has 1 heteroatoms. The number of benzene rings is 1. The summed E-state index contributed by atoms with van der Waals surface area (Å²) >= 11 is 6.03. The molecule has 0 bridgehead atoms. The van der Waals surface area contributed by atoms with Crippen LogP contribution in [0.5, 0.6) is 0 Å². The molecule has 1 aromatic carbocycles. The van der Waals surface area contributed by atoms with Crippen LogP contribution in [-0.2, 0) is 11.8 Å². The number of halogens is 1. The largest absolute Gasteiger partial charge is 0.103 e. The minimum atomic E-state index is 0.392. The maximum absolute atomic E-state index is 6.03. The van der Waals surface area contributed by atoms with Crippen molar-refractivity contribution in [2.45, 2.75) is 38.0 Å². The summed E-state index contributed by atoms with van der Waals surface area (Å²) in [5, 5.41) is 0.832. The highest BCUT2D eigenvalue weighted by Gasteiger charge is 2.34. The van der Waals surface area contributed by atoms with Gasteiger partial charge in [-0.1, -0.05) is 37.1 Å². The van der Waals surface area contributed by atoms with Gasteiger partial charge >= 0.3 is 0 Å². The molecule has 0 heterocycles. The molecule has 1 saturated carbocycles. The van der Waals surface area contributed by atoms with Gasteiger partial charge in [0.1, 0.15) is 0 Å². The van der Waals surface area contributed by atoms with Gasteiger partial charge in [-0.25, -0.2) is 0 Å². The summed E-state index contributed by atoms with van der Waals surface area (Å²) in [4.78, 5) is 0. The van der Waals surface area contributed by atoms with Gasteiger partial charge < -0.3 is 0 Å². The first-order chi connectivity index (χ1) is 7.15. The van der Waals surface area contributed by atoms with E-state index < -0.39 is 0 Å². The van der Waals surface area contributed by atoms with Crippen molar-refractivity contribution in [1.82, 2.24) is 0 Å². The van der Waals surface area contributed by atoms with Crippen LogP contribution in [0.15, 0.2) is 30.9 Å². The van der Waals surface area contributed by atoms with Crippen LogP contribution >= 0.6 is 11.6 Å². The first-order valence-electron chi connectivity index (χ1n) is 5.55. The predicted octanol–water partition coefficient (Wildman–Crippen LogP) is 4.51. The molecular formula is C14H17Cl. The standard InChI is InChI=1S/C14H17Cl/c1-3-5-11-10-12(15)6-7-13(11)14(2)8-4-9-14/h3,6-7,10H,1,4-5,8-9H2,2H3. The molecule has 1 fully saturated rings. The van der Waals surface area contributed by atoms with Crippen molar-refractivity contribution >= 4 is 11.6 Å². The molecule has 0 aliphatic heterocycles. The fourth-order valence-electron chi connectivity index (χ4n) is 2.45. The summed E-state index contributed by atoms with van der Waals surface area (Å²) in [6.45, 7) is 6.16. The second-order valence-electron chi connectivity index (χ2n) is 4.71. The van der Waals surface area contributed by atoms with E-state index in [2.05, 4.69) is 25.6 Å². The van der Waals surface area contributed by atoms with Crippen LogP contribution in [0.4, 0.5) is 0 Å². The summed E-state index contributed by atoms with van der Waals surface area (Å²) in [6.07, 6.45) is 6.84. The number of hydrogen-bond acceptors (Lipinski definition) is 0. The average Bonchev–Trinajstić information content (AvgIpc) is 2.15. The molecule has 2 rings (SSSR count). The second kappa shape index (κ2) is 4.02. The Labute approximate surface area is 97.0 Å². The van der Waals surface area contributed by atoms with E-state index in [0.717, 1.165) is 11.4 Å². The molecule has 0 saturated heterocycles. The third-order valence-corrected chi connectivity index (χ3v) is 3.77. The minimum absolute atomic E-state index is 0.392. The highest BCUT2D eigenvalue weighted by Crippen LogP contribution is 2.44. The predicted molar refractivity (Wildman–Crippen MR) is 66.6 cm³/mol.